The van der Waals surface area contributed by atoms with Crippen LogP contribution in [0.2, 0.25) is 0 Å². The van der Waals surface area contributed by atoms with Crippen LogP contribution in [0, 0.1) is 6.92 Å². The zero-order chi connectivity index (χ0) is 17.1. The van der Waals surface area contributed by atoms with E-state index < -0.39 is 0 Å². The van der Waals surface area contributed by atoms with Crippen LogP contribution in [0.25, 0.3) is 11.3 Å². The van der Waals surface area contributed by atoms with Gasteiger partial charge in [-0.05, 0) is 18.6 Å². The van der Waals surface area contributed by atoms with E-state index in [1.807, 2.05) is 18.2 Å². The van der Waals surface area contributed by atoms with E-state index in [1.54, 1.807) is 4.90 Å². The number of aryl methyl sites for hydroxylation is 1. The second-order valence-corrected chi connectivity index (χ2v) is 6.75. The van der Waals surface area contributed by atoms with Crippen molar-refractivity contribution in [2.45, 2.75) is 13.5 Å². The first-order chi connectivity index (χ1) is 12.3. The van der Waals surface area contributed by atoms with Gasteiger partial charge in [0.2, 0.25) is 0 Å². The lowest BCUT2D eigenvalue weighted by molar-refractivity contribution is -0.914. The van der Waals surface area contributed by atoms with Crippen LogP contribution in [-0.2, 0) is 6.54 Å². The Balaban J connectivity index is 1.36. The fourth-order valence-corrected chi connectivity index (χ4v) is 3.55. The van der Waals surface area contributed by atoms with E-state index in [2.05, 4.69) is 59.4 Å². The Bertz CT molecular complexity index is 820. The summed E-state index contributed by atoms with van der Waals surface area (Å²) in [7, 11) is 0. The van der Waals surface area contributed by atoms with Gasteiger partial charge in [-0.15, -0.1) is 0 Å². The Morgan fingerprint density at radius 3 is 2.48 bits per heavy atom. The summed E-state index contributed by atoms with van der Waals surface area (Å²) < 4.78 is 5.52. The topological polar surface area (TPSA) is 33.7 Å². The summed E-state index contributed by atoms with van der Waals surface area (Å²) in [6, 6.07) is 20.9. The average Bonchev–Trinajstić information content (AvgIpc) is 3.12. The number of hydrogen-bond acceptors (Lipinski definition) is 3. The van der Waals surface area contributed by atoms with E-state index >= 15 is 0 Å². The van der Waals surface area contributed by atoms with E-state index in [1.165, 1.54) is 11.3 Å². The molecular weight excluding hydrogens is 310 g/mol. The van der Waals surface area contributed by atoms with Crippen LogP contribution in [0.15, 0.2) is 65.2 Å². The lowest BCUT2D eigenvalue weighted by Gasteiger charge is -2.34. The minimum atomic E-state index is 0.855. The number of piperazine rings is 1. The molecule has 25 heavy (non-hydrogen) atoms. The number of nitrogens with zero attached hydrogens (tertiary/aromatic N) is 2. The molecule has 1 aliphatic heterocycles. The summed E-state index contributed by atoms with van der Waals surface area (Å²) >= 11 is 0. The number of rotatable bonds is 4. The molecule has 0 amide bonds. The minimum absolute atomic E-state index is 0.855. The first-order valence-electron chi connectivity index (χ1n) is 8.95. The van der Waals surface area contributed by atoms with Gasteiger partial charge in [0.1, 0.15) is 12.2 Å². The molecule has 0 atom stereocenters. The highest BCUT2D eigenvalue weighted by molar-refractivity contribution is 5.56. The first kappa shape index (κ1) is 15.9. The Hall–Kier alpha value is -2.59. The Morgan fingerprint density at radius 1 is 1.00 bits per heavy atom. The third kappa shape index (κ3) is 3.59. The maximum Gasteiger partial charge on any atom is 0.167 e. The number of anilines is 1. The molecule has 1 aromatic heterocycles. The van der Waals surface area contributed by atoms with Crippen LogP contribution in [0.5, 0.6) is 0 Å². The van der Waals surface area contributed by atoms with Gasteiger partial charge >= 0.3 is 0 Å². The molecule has 2 aromatic carbocycles. The van der Waals surface area contributed by atoms with Crippen LogP contribution in [0.4, 0.5) is 5.69 Å². The maximum absolute atomic E-state index is 5.52. The highest BCUT2D eigenvalue weighted by atomic mass is 16.5. The molecule has 2 heterocycles. The van der Waals surface area contributed by atoms with Crippen molar-refractivity contribution in [2.24, 2.45) is 0 Å². The second-order valence-electron chi connectivity index (χ2n) is 6.75. The molecule has 0 radical (unpaired) electrons. The molecule has 4 nitrogen and oxygen atoms in total. The molecular formula is C21H24N3O+. The molecule has 0 spiro atoms. The number of hydrogen-bond donors (Lipinski definition) is 1. The normalized spacial score (nSPS) is 15.5. The number of quaternary nitrogens is 1. The number of para-hydroxylation sites is 1. The fourth-order valence-electron chi connectivity index (χ4n) is 3.55. The summed E-state index contributed by atoms with van der Waals surface area (Å²) in [6.45, 7) is 7.55. The molecule has 0 unspecified atom stereocenters. The van der Waals surface area contributed by atoms with Crippen LogP contribution in [-0.4, -0.2) is 31.3 Å². The van der Waals surface area contributed by atoms with Crippen LogP contribution in [0.3, 0.4) is 0 Å². The van der Waals surface area contributed by atoms with Crippen molar-refractivity contribution in [3.8, 4) is 11.3 Å². The molecule has 3 aromatic rings. The minimum Gasteiger partial charge on any atom is -0.360 e. The third-order valence-corrected chi connectivity index (χ3v) is 4.98. The SMILES string of the molecule is Cc1ccccc1N1CC[NH+](Cc2cc(-c3ccccc3)on2)CC1. The van der Waals surface area contributed by atoms with Crippen molar-refractivity contribution in [3.63, 3.8) is 0 Å². The molecule has 1 N–H and O–H groups in total. The monoisotopic (exact) mass is 334 g/mol. The molecule has 4 rings (SSSR count). The van der Waals surface area contributed by atoms with Gasteiger partial charge in [-0.2, -0.15) is 0 Å². The van der Waals surface area contributed by atoms with Crippen molar-refractivity contribution in [1.29, 1.82) is 0 Å². The molecule has 0 saturated carbocycles. The predicted molar refractivity (Wildman–Crippen MR) is 99.7 cm³/mol. The van der Waals surface area contributed by atoms with Crippen molar-refractivity contribution in [3.05, 3.63) is 71.9 Å². The Labute approximate surface area is 148 Å². The fraction of sp³-hybridized carbons (Fsp3) is 0.286. The molecule has 1 aliphatic rings. The second kappa shape index (κ2) is 7.11. The largest absolute Gasteiger partial charge is 0.360 e. The number of benzene rings is 2. The molecule has 4 heteroatoms. The van der Waals surface area contributed by atoms with Gasteiger partial charge in [0.05, 0.1) is 26.2 Å². The molecule has 1 saturated heterocycles. The van der Waals surface area contributed by atoms with E-state index in [0.717, 1.165) is 49.7 Å². The Kier molecular flexibility index (Phi) is 4.53. The maximum atomic E-state index is 5.52. The zero-order valence-electron chi connectivity index (χ0n) is 14.6. The molecule has 0 bridgehead atoms. The van der Waals surface area contributed by atoms with Gasteiger partial charge < -0.3 is 14.3 Å². The van der Waals surface area contributed by atoms with Gasteiger partial charge in [-0.25, -0.2) is 0 Å². The zero-order valence-corrected chi connectivity index (χ0v) is 14.6. The van der Waals surface area contributed by atoms with E-state index in [4.69, 9.17) is 4.52 Å². The van der Waals surface area contributed by atoms with Gasteiger partial charge in [0.15, 0.2) is 5.76 Å². The van der Waals surface area contributed by atoms with Crippen LogP contribution < -0.4 is 9.80 Å². The molecule has 1 fully saturated rings. The average molecular weight is 334 g/mol. The van der Waals surface area contributed by atoms with Crippen molar-refractivity contribution < 1.29 is 9.42 Å². The van der Waals surface area contributed by atoms with Crippen molar-refractivity contribution in [1.82, 2.24) is 5.16 Å². The highest BCUT2D eigenvalue weighted by Gasteiger charge is 2.22. The van der Waals surface area contributed by atoms with Crippen LogP contribution >= 0.6 is 0 Å². The summed E-state index contributed by atoms with van der Waals surface area (Å²) in [5.74, 6) is 0.855. The first-order valence-corrected chi connectivity index (χ1v) is 8.95. The molecule has 128 valence electrons. The van der Waals surface area contributed by atoms with Gasteiger partial charge in [0, 0.05) is 17.3 Å². The number of nitrogens with one attached hydrogen (secondary N) is 1. The predicted octanol–water partition coefficient (Wildman–Crippen LogP) is 2.56. The summed E-state index contributed by atoms with van der Waals surface area (Å²) in [5.41, 5.74) is 4.85. The standard InChI is InChI=1S/C21H23N3O/c1-17-7-5-6-10-20(17)24-13-11-23(12-14-24)16-19-15-21(25-22-19)18-8-3-2-4-9-18/h2-10,15H,11-14,16H2,1H3/p+1. The summed E-state index contributed by atoms with van der Waals surface area (Å²) in [6.07, 6.45) is 0. The summed E-state index contributed by atoms with van der Waals surface area (Å²) in [4.78, 5) is 4.06. The smallest absolute Gasteiger partial charge is 0.167 e. The van der Waals surface area contributed by atoms with Crippen LogP contribution in [0.1, 0.15) is 11.3 Å². The lowest BCUT2D eigenvalue weighted by Crippen LogP contribution is -3.13. The highest BCUT2D eigenvalue weighted by Crippen LogP contribution is 2.20. The molecule has 0 aliphatic carbocycles. The van der Waals surface area contributed by atoms with Crippen molar-refractivity contribution in [2.75, 3.05) is 31.1 Å². The third-order valence-electron chi connectivity index (χ3n) is 4.98. The quantitative estimate of drug-likeness (QED) is 0.796. The van der Waals surface area contributed by atoms with E-state index in [-0.39, 0.29) is 0 Å². The van der Waals surface area contributed by atoms with E-state index in [9.17, 15) is 0 Å². The van der Waals surface area contributed by atoms with Gasteiger partial charge in [0.25, 0.3) is 0 Å². The Morgan fingerprint density at radius 2 is 1.72 bits per heavy atom. The van der Waals surface area contributed by atoms with Gasteiger partial charge in [-0.1, -0.05) is 53.7 Å². The van der Waals surface area contributed by atoms with Crippen molar-refractivity contribution >= 4 is 5.69 Å². The van der Waals surface area contributed by atoms with E-state index in [0.29, 0.717) is 0 Å². The number of aromatic nitrogens is 1. The van der Waals surface area contributed by atoms with Gasteiger partial charge in [-0.3, -0.25) is 0 Å². The summed E-state index contributed by atoms with van der Waals surface area (Å²) in [5, 5.41) is 4.27. The lowest BCUT2D eigenvalue weighted by atomic mass is 10.1.